The zero-order chi connectivity index (χ0) is 31.9. The third-order valence-corrected chi connectivity index (χ3v) is 9.30. The second kappa shape index (κ2) is 12.6. The summed E-state index contributed by atoms with van der Waals surface area (Å²) in [5.41, 5.74) is -0.854. The number of aromatic nitrogens is 1. The molecular weight excluding hydrogens is 605 g/mol. The molecule has 2 aliphatic heterocycles. The summed E-state index contributed by atoms with van der Waals surface area (Å²) in [6.07, 6.45) is -0.834. The highest BCUT2D eigenvalue weighted by molar-refractivity contribution is 6.33. The van der Waals surface area contributed by atoms with Gasteiger partial charge < -0.3 is 15.5 Å². The van der Waals surface area contributed by atoms with E-state index in [4.69, 9.17) is 11.6 Å². The molecule has 45 heavy (non-hydrogen) atoms. The van der Waals surface area contributed by atoms with Crippen LogP contribution in [0.4, 0.5) is 36.1 Å². The predicted molar refractivity (Wildman–Crippen MR) is 174 cm³/mol. The van der Waals surface area contributed by atoms with Crippen LogP contribution in [0.25, 0.3) is 10.8 Å². The monoisotopic (exact) mass is 640 g/mol. The quantitative estimate of drug-likeness (QED) is 0.235. The number of piperidine rings is 1. The molecule has 0 spiro atoms. The van der Waals surface area contributed by atoms with Crippen molar-refractivity contribution in [1.82, 2.24) is 14.8 Å². The van der Waals surface area contributed by atoms with E-state index in [1.807, 2.05) is 5.32 Å². The van der Waals surface area contributed by atoms with E-state index >= 15 is 0 Å². The van der Waals surface area contributed by atoms with Crippen LogP contribution in [0.2, 0.25) is 5.02 Å². The average Bonchev–Trinajstić information content (AvgIpc) is 3.01. The van der Waals surface area contributed by atoms with E-state index in [2.05, 4.69) is 81.3 Å². The molecule has 0 unspecified atom stereocenters. The summed E-state index contributed by atoms with van der Waals surface area (Å²) in [6, 6.07) is 17.7. The van der Waals surface area contributed by atoms with Crippen molar-refractivity contribution in [3.63, 3.8) is 0 Å². The Morgan fingerprint density at radius 2 is 1.64 bits per heavy atom. The topological polar surface area (TPSA) is 80.8 Å². The standard InChI is InChI=1S/C33H36ClF3N6O2/c1-20-17-43(32-27(34)14-25(15-38-32)40-29-28(30(44)31(29)45)39-19-33(35,36)37)21(2)16-42(20)26-9-11-41(12-10-26)18-22-7-8-23-5-3-4-6-24(23)13-22/h3-8,13-15,20-21,26,39-40H,9-12,16-19H2,1-2H3/t20-,21+/m1/s1. The van der Waals surface area contributed by atoms with Gasteiger partial charge in [0.05, 0.1) is 16.9 Å². The Morgan fingerprint density at radius 3 is 2.36 bits per heavy atom. The first-order valence-electron chi connectivity index (χ1n) is 15.3. The molecule has 6 rings (SSSR count). The molecule has 238 valence electrons. The number of hydrogen-bond acceptors (Lipinski definition) is 8. The molecule has 0 bridgehead atoms. The van der Waals surface area contributed by atoms with Gasteiger partial charge >= 0.3 is 6.18 Å². The molecule has 3 heterocycles. The van der Waals surface area contributed by atoms with Crippen LogP contribution in [0.5, 0.6) is 0 Å². The molecule has 0 radical (unpaired) electrons. The summed E-state index contributed by atoms with van der Waals surface area (Å²) in [7, 11) is 0. The number of halogens is 4. The van der Waals surface area contributed by atoms with E-state index in [1.165, 1.54) is 22.5 Å². The number of fused-ring (bicyclic) bond motifs is 1. The largest absolute Gasteiger partial charge is 0.405 e. The van der Waals surface area contributed by atoms with Crippen molar-refractivity contribution in [2.45, 2.75) is 57.5 Å². The number of benzene rings is 2. The lowest BCUT2D eigenvalue weighted by Crippen LogP contribution is -2.61. The molecule has 0 amide bonds. The number of nitrogens with zero attached hydrogens (tertiary/aromatic N) is 4. The van der Waals surface area contributed by atoms with Gasteiger partial charge in [0.15, 0.2) is 0 Å². The lowest BCUT2D eigenvalue weighted by atomic mass is 9.97. The van der Waals surface area contributed by atoms with Gasteiger partial charge in [-0.15, -0.1) is 0 Å². The molecule has 2 saturated heterocycles. The first-order valence-corrected chi connectivity index (χ1v) is 15.6. The highest BCUT2D eigenvalue weighted by Crippen LogP contribution is 2.33. The number of likely N-dealkylation sites (tertiary alicyclic amines) is 1. The van der Waals surface area contributed by atoms with Crippen LogP contribution in [0.1, 0.15) is 32.3 Å². The molecule has 2 N–H and O–H groups in total. The number of alkyl halides is 3. The maximum atomic E-state index is 12.6. The molecule has 2 atom stereocenters. The Morgan fingerprint density at radius 1 is 0.933 bits per heavy atom. The Bertz CT molecular complexity index is 1750. The Labute approximate surface area is 264 Å². The first-order chi connectivity index (χ1) is 21.5. The molecular formula is C33H36ClF3N6O2. The smallest absolute Gasteiger partial charge is 0.371 e. The zero-order valence-corrected chi connectivity index (χ0v) is 26.0. The van der Waals surface area contributed by atoms with Crippen molar-refractivity contribution in [2.24, 2.45) is 0 Å². The second-order valence-electron chi connectivity index (χ2n) is 12.3. The lowest BCUT2D eigenvalue weighted by Gasteiger charge is -2.49. The molecule has 12 heteroatoms. The summed E-state index contributed by atoms with van der Waals surface area (Å²) in [5, 5.41) is 7.60. The lowest BCUT2D eigenvalue weighted by molar-refractivity contribution is -0.115. The Hall–Kier alpha value is -3.67. The van der Waals surface area contributed by atoms with E-state index in [0.717, 1.165) is 45.6 Å². The maximum absolute atomic E-state index is 12.6. The van der Waals surface area contributed by atoms with Crippen molar-refractivity contribution >= 4 is 45.3 Å². The van der Waals surface area contributed by atoms with E-state index in [0.29, 0.717) is 22.6 Å². The fourth-order valence-electron chi connectivity index (χ4n) is 6.68. The molecule has 2 aliphatic rings. The predicted octanol–water partition coefficient (Wildman–Crippen LogP) is 5.77. The van der Waals surface area contributed by atoms with Gasteiger partial charge in [0.25, 0.3) is 10.9 Å². The van der Waals surface area contributed by atoms with Crippen molar-refractivity contribution in [3.05, 3.63) is 85.8 Å². The van der Waals surface area contributed by atoms with Crippen LogP contribution in [0.3, 0.4) is 0 Å². The minimum atomic E-state index is -4.53. The molecule has 2 fully saturated rings. The Kier molecular flexibility index (Phi) is 8.78. The van der Waals surface area contributed by atoms with E-state index in [1.54, 1.807) is 6.07 Å². The fourth-order valence-corrected chi connectivity index (χ4v) is 6.96. The summed E-state index contributed by atoms with van der Waals surface area (Å²) >= 11 is 6.65. The van der Waals surface area contributed by atoms with Crippen molar-refractivity contribution in [3.8, 4) is 0 Å². The molecule has 4 aromatic rings. The minimum Gasteiger partial charge on any atom is -0.371 e. The zero-order valence-electron chi connectivity index (χ0n) is 25.2. The highest BCUT2D eigenvalue weighted by atomic mass is 35.5. The average molecular weight is 641 g/mol. The third kappa shape index (κ3) is 6.80. The SMILES string of the molecule is C[C@@H]1CN(c2ncc(Nc3c(NCC(F)(F)F)c(=O)c3=O)cc2Cl)[C@@H](C)CN1C1CCN(Cc2ccc3ccccc3c2)CC1. The van der Waals surface area contributed by atoms with Crippen LogP contribution >= 0.6 is 11.6 Å². The van der Waals surface area contributed by atoms with Gasteiger partial charge in [0.1, 0.15) is 23.7 Å². The van der Waals surface area contributed by atoms with Gasteiger partial charge in [-0.1, -0.05) is 48.0 Å². The normalized spacial score (nSPS) is 20.6. The number of pyridine rings is 1. The summed E-state index contributed by atoms with van der Waals surface area (Å²) in [4.78, 5) is 35.7. The van der Waals surface area contributed by atoms with Gasteiger partial charge in [-0.25, -0.2) is 4.98 Å². The number of rotatable bonds is 8. The summed E-state index contributed by atoms with van der Waals surface area (Å²) in [6.45, 7) is 7.63. The number of nitrogens with one attached hydrogen (secondary N) is 2. The molecule has 0 saturated carbocycles. The van der Waals surface area contributed by atoms with Crippen molar-refractivity contribution in [1.29, 1.82) is 0 Å². The van der Waals surface area contributed by atoms with Crippen LogP contribution < -0.4 is 26.4 Å². The Balaban J connectivity index is 1.05. The van der Waals surface area contributed by atoms with Gasteiger partial charge in [0, 0.05) is 37.8 Å². The number of anilines is 4. The highest BCUT2D eigenvalue weighted by Gasteiger charge is 2.36. The first kappa shape index (κ1) is 31.3. The summed E-state index contributed by atoms with van der Waals surface area (Å²) < 4.78 is 37.8. The second-order valence-corrected chi connectivity index (χ2v) is 12.7. The number of piperazine rings is 1. The van der Waals surface area contributed by atoms with Crippen LogP contribution in [0.15, 0.2) is 64.3 Å². The van der Waals surface area contributed by atoms with E-state index in [-0.39, 0.29) is 17.8 Å². The van der Waals surface area contributed by atoms with E-state index < -0.39 is 29.3 Å². The fraction of sp³-hybridized carbons (Fsp3) is 0.424. The van der Waals surface area contributed by atoms with Gasteiger partial charge in [-0.2, -0.15) is 13.2 Å². The van der Waals surface area contributed by atoms with Crippen molar-refractivity contribution in [2.75, 3.05) is 48.3 Å². The van der Waals surface area contributed by atoms with Gasteiger partial charge in [-0.3, -0.25) is 19.4 Å². The van der Waals surface area contributed by atoms with Crippen LogP contribution in [-0.4, -0.2) is 71.8 Å². The molecule has 0 aliphatic carbocycles. The van der Waals surface area contributed by atoms with Crippen molar-refractivity contribution < 1.29 is 13.2 Å². The molecule has 3 aromatic carbocycles. The van der Waals surface area contributed by atoms with E-state index in [9.17, 15) is 22.8 Å². The molecule has 1 aromatic heterocycles. The number of hydrogen-bond donors (Lipinski definition) is 2. The minimum absolute atomic E-state index is 0.146. The summed E-state index contributed by atoms with van der Waals surface area (Å²) in [5.74, 6) is 0.604. The van der Waals surface area contributed by atoms with Crippen LogP contribution in [0, 0.1) is 0 Å². The van der Waals surface area contributed by atoms with Gasteiger partial charge in [-0.05, 0) is 68.2 Å². The van der Waals surface area contributed by atoms with Gasteiger partial charge in [0.2, 0.25) is 0 Å². The van der Waals surface area contributed by atoms with Crippen LogP contribution in [-0.2, 0) is 6.54 Å². The molecule has 8 nitrogen and oxygen atoms in total. The third-order valence-electron chi connectivity index (χ3n) is 9.02. The maximum Gasteiger partial charge on any atom is 0.405 e.